The first kappa shape index (κ1) is 60.3. The molecule has 0 fully saturated rings. The number of nitrogens with zero attached hydrogens (tertiary/aromatic N) is 4. The molecule has 0 aromatic heterocycles. The van der Waals surface area contributed by atoms with E-state index in [9.17, 15) is 66.1 Å². The summed E-state index contributed by atoms with van der Waals surface area (Å²) in [6.07, 6.45) is 17.3. The molecule has 0 amide bonds. The van der Waals surface area contributed by atoms with Gasteiger partial charge in [0, 0.05) is 87.5 Å². The lowest BCUT2D eigenvalue weighted by molar-refractivity contribution is -0.113. The molecular weight excluding hydrogens is 1100 g/mol. The molecule has 19 nitrogen and oxygen atoms in total. The van der Waals surface area contributed by atoms with Gasteiger partial charge in [0.1, 0.15) is 0 Å². The van der Waals surface area contributed by atoms with Crippen LogP contribution in [-0.2, 0) is 63.6 Å². The Kier molecular flexibility index (Phi) is 18.0. The number of rotatable bonds is 5. The maximum absolute atomic E-state index is 11.8. The first-order chi connectivity index (χ1) is 36.1. The Balaban J connectivity index is 0.000000180. The van der Waals surface area contributed by atoms with E-state index >= 15 is 0 Å². The molecule has 0 bridgehead atoms. The zero-order valence-electron chi connectivity index (χ0n) is 41.9. The summed E-state index contributed by atoms with van der Waals surface area (Å²) in [7, 11) is -16.8. The molecule has 0 aliphatic heterocycles. The van der Waals surface area contributed by atoms with Crippen molar-refractivity contribution < 1.29 is 75.6 Å². The normalized spacial score (nSPS) is 15.5. The van der Waals surface area contributed by atoms with Gasteiger partial charge in [0.25, 0.3) is 11.6 Å². The summed E-state index contributed by atoms with van der Waals surface area (Å²) in [5, 5.41) is 0. The van der Waals surface area contributed by atoms with Gasteiger partial charge < -0.3 is 11.1 Å². The highest BCUT2D eigenvalue weighted by Crippen LogP contribution is 2.33. The highest BCUT2D eigenvalue weighted by Gasteiger charge is 2.34. The number of ketones is 5. The van der Waals surface area contributed by atoms with E-state index < -0.39 is 60.8 Å². The average molecular weight is 1150 g/mol. The van der Waals surface area contributed by atoms with Gasteiger partial charge in [-0.15, -0.1) is 0 Å². The SMILES string of the molecule is C=C1C=C(S(C)(=O)=O)C=CC1=O.C=C1C=C(S(C)(=O)=O)c2ccccc2C1=O.C=C1C=Cc2c(cccc2S(C)(=O)=O)C1=O.CS(=O)(=O)C1=CC(=O)C(=[N+]=[N-])c2ccccc21.CS(=O)(=O)c1cccc2c1C=CC(=O)C2=[N+]=[N-]. The molecule has 400 valence electrons. The van der Waals surface area contributed by atoms with Gasteiger partial charge in [-0.2, -0.15) is 9.58 Å². The maximum atomic E-state index is 11.8. The van der Waals surface area contributed by atoms with Gasteiger partial charge in [0.15, 0.2) is 66.5 Å². The number of carbonyl (C=O) groups excluding carboxylic acids is 5. The van der Waals surface area contributed by atoms with Crippen LogP contribution in [0.4, 0.5) is 0 Å². The average Bonchev–Trinajstić information content (AvgIpc) is 3.38. The van der Waals surface area contributed by atoms with E-state index in [-0.39, 0.29) is 64.4 Å². The van der Waals surface area contributed by atoms with Crippen LogP contribution in [0.5, 0.6) is 0 Å². The van der Waals surface area contributed by atoms with E-state index in [0.717, 1.165) is 37.4 Å². The molecule has 0 heterocycles. The van der Waals surface area contributed by atoms with Crippen molar-refractivity contribution in [2.45, 2.75) is 9.79 Å². The second-order valence-corrected chi connectivity index (χ2v) is 27.1. The van der Waals surface area contributed by atoms with Crippen LogP contribution in [0, 0.1) is 0 Å². The molecule has 5 aliphatic carbocycles. The summed E-state index contributed by atoms with van der Waals surface area (Å²) in [6, 6.07) is 22.2. The summed E-state index contributed by atoms with van der Waals surface area (Å²) in [6.45, 7) is 10.6. The van der Waals surface area contributed by atoms with Crippen LogP contribution in [0.3, 0.4) is 0 Å². The molecule has 9 rings (SSSR count). The highest BCUT2D eigenvalue weighted by molar-refractivity contribution is 8.00. The minimum absolute atomic E-state index is 0.0505. The van der Waals surface area contributed by atoms with Crippen LogP contribution in [-0.4, -0.2) is 123 Å². The summed E-state index contributed by atoms with van der Waals surface area (Å²) >= 11 is 0. The molecule has 0 spiro atoms. The van der Waals surface area contributed by atoms with Crippen molar-refractivity contribution >= 4 is 111 Å². The van der Waals surface area contributed by atoms with E-state index in [2.05, 4.69) is 29.3 Å². The number of fused-ring (bicyclic) bond motifs is 4. The summed E-state index contributed by atoms with van der Waals surface area (Å²) < 4.78 is 114. The molecule has 0 N–H and O–H groups in total. The molecule has 24 heteroatoms. The number of hydrogen-bond donors (Lipinski definition) is 0. The lowest BCUT2D eigenvalue weighted by Gasteiger charge is -2.16. The largest absolute Gasteiger partial charge is 0.369 e. The summed E-state index contributed by atoms with van der Waals surface area (Å²) in [5.41, 5.74) is 21.2. The van der Waals surface area contributed by atoms with Crippen molar-refractivity contribution in [1.82, 2.24) is 0 Å². The molecule has 78 heavy (non-hydrogen) atoms. The first-order valence-electron chi connectivity index (χ1n) is 22.0. The molecule has 0 radical (unpaired) electrons. The second kappa shape index (κ2) is 23.3. The quantitative estimate of drug-likeness (QED) is 0.132. The van der Waals surface area contributed by atoms with Gasteiger partial charge in [-0.1, -0.05) is 92.6 Å². The Morgan fingerprint density at radius 2 is 0.769 bits per heavy atom. The van der Waals surface area contributed by atoms with Gasteiger partial charge >= 0.3 is 11.4 Å². The fourth-order valence-corrected chi connectivity index (χ4v) is 11.9. The van der Waals surface area contributed by atoms with Gasteiger partial charge in [0.2, 0.25) is 0 Å². The molecule has 5 aliphatic rings. The van der Waals surface area contributed by atoms with Crippen LogP contribution in [0.2, 0.25) is 0 Å². The van der Waals surface area contributed by atoms with Crippen molar-refractivity contribution in [3.05, 3.63) is 224 Å². The molecule has 0 atom stereocenters. The van der Waals surface area contributed by atoms with E-state index in [4.69, 9.17) is 11.1 Å². The van der Waals surface area contributed by atoms with Crippen molar-refractivity contribution in [1.29, 1.82) is 0 Å². The zero-order valence-corrected chi connectivity index (χ0v) is 45.9. The highest BCUT2D eigenvalue weighted by atomic mass is 32.2. The van der Waals surface area contributed by atoms with E-state index in [1.54, 1.807) is 78.9 Å². The van der Waals surface area contributed by atoms with E-state index in [1.807, 2.05) is 0 Å². The Morgan fingerprint density at radius 3 is 1.26 bits per heavy atom. The van der Waals surface area contributed by atoms with Crippen molar-refractivity contribution in [3.63, 3.8) is 0 Å². The van der Waals surface area contributed by atoms with Crippen molar-refractivity contribution in [3.8, 4) is 0 Å². The monoisotopic (exact) mass is 1150 g/mol. The van der Waals surface area contributed by atoms with Crippen LogP contribution < -0.4 is 0 Å². The Bertz CT molecular complexity index is 4310. The third-order valence-corrected chi connectivity index (χ3v) is 16.9. The smallest absolute Gasteiger partial charge is 0.361 e. The third-order valence-electron chi connectivity index (χ3n) is 11.2. The van der Waals surface area contributed by atoms with Crippen LogP contribution in [0.1, 0.15) is 54.1 Å². The number of sulfone groups is 5. The number of hydrogen-bond acceptors (Lipinski definition) is 15. The second-order valence-electron chi connectivity index (χ2n) is 17.2. The molecule has 4 aromatic rings. The number of benzene rings is 4. The van der Waals surface area contributed by atoms with Crippen LogP contribution >= 0.6 is 0 Å². The standard InChI is InChI=1S/2C12H10O3S.2C11H8N2O3S.C8H8O3S/c1-8-6-7-9-10(12(8)13)4-3-5-11(9)16(2,14)15;1-8-7-11(16(2,14)15)9-5-3-4-6-10(9)12(8)13;1-17(15,16)10-4-2-3-8-7(10)5-6-9(14)11(8)13-12;1-17(15,16)10-6-9(14)11(13-12)8-5-3-2-4-7(8)10;1-6-5-7(12(2,10)11)3-4-8(6)9/h2*3-7H,1H2,2H3;2*2-6H,1H3;3-5H,1H2,2H3. The number of Topliss-reactive ketones (excluding diaryl/α,β-unsaturated/α-hetero) is 2. The summed E-state index contributed by atoms with van der Waals surface area (Å²) in [5.74, 6) is -1.76. The third kappa shape index (κ3) is 13.9. The van der Waals surface area contributed by atoms with Crippen molar-refractivity contribution in [2.75, 3.05) is 31.3 Å². The molecule has 0 saturated heterocycles. The van der Waals surface area contributed by atoms with Crippen LogP contribution in [0.25, 0.3) is 33.0 Å². The Labute approximate surface area is 449 Å². The fraction of sp³-hybridized carbons (Fsp3) is 0.0926. The predicted molar refractivity (Wildman–Crippen MR) is 294 cm³/mol. The summed E-state index contributed by atoms with van der Waals surface area (Å²) in [4.78, 5) is 63.7. The van der Waals surface area contributed by atoms with Gasteiger partial charge in [-0.25, -0.2) is 42.1 Å². The molecule has 0 saturated carbocycles. The van der Waals surface area contributed by atoms with E-state index in [0.29, 0.717) is 50.1 Å². The van der Waals surface area contributed by atoms with Gasteiger partial charge in [0.05, 0.1) is 35.6 Å². The Hall–Kier alpha value is -8.60. The maximum Gasteiger partial charge on any atom is 0.369 e. The molecular formula is C54H44N4O15S5. The van der Waals surface area contributed by atoms with Crippen LogP contribution in [0.15, 0.2) is 179 Å². The fourth-order valence-electron chi connectivity index (χ4n) is 7.57. The zero-order chi connectivity index (χ0) is 58.5. The molecule has 0 unspecified atom stereocenters. The lowest BCUT2D eigenvalue weighted by Crippen LogP contribution is -2.22. The Morgan fingerprint density at radius 1 is 0.359 bits per heavy atom. The minimum atomic E-state index is -3.50. The predicted octanol–water partition coefficient (Wildman–Crippen LogP) is 5.67. The minimum Gasteiger partial charge on any atom is -0.361 e. The van der Waals surface area contributed by atoms with Gasteiger partial charge in [-0.3, -0.25) is 24.0 Å². The van der Waals surface area contributed by atoms with Gasteiger partial charge in [-0.05, 0) is 60.7 Å². The van der Waals surface area contributed by atoms with Crippen molar-refractivity contribution in [2.24, 2.45) is 0 Å². The van der Waals surface area contributed by atoms with E-state index in [1.165, 1.54) is 54.7 Å². The first-order valence-corrected chi connectivity index (χ1v) is 31.5. The number of allylic oxidation sites excluding steroid dienone is 10. The lowest BCUT2D eigenvalue weighted by atomic mass is 9.93. The number of carbonyl (C=O) groups is 5. The topological polar surface area (TPSA) is 329 Å². The molecule has 4 aromatic carbocycles.